The standard InChI is InChI=1S/C28H32FN5O4/c1-4-38-25-11-9-20(16-22(25)29)34-24(17-35)21(27(31-34)28(30)37)12-14-32(3)19-8-10-23(18(2)15-19)33-13-6-5-7-26(33)36/h8-11,15-17H,4-7,12-14H2,1-3H3,(H2,30,37). The largest absolute Gasteiger partial charge is 0.491 e. The third-order valence-electron chi connectivity index (χ3n) is 6.76. The number of rotatable bonds is 10. The number of aromatic nitrogens is 2. The first-order valence-electron chi connectivity index (χ1n) is 12.7. The second kappa shape index (κ2) is 11.5. The number of aldehydes is 1. The van der Waals surface area contributed by atoms with Crippen LogP contribution in [0.25, 0.3) is 5.69 Å². The molecule has 2 heterocycles. The number of nitrogens with zero attached hydrogens (tertiary/aromatic N) is 4. The Labute approximate surface area is 221 Å². The molecule has 1 aliphatic rings. The molecule has 200 valence electrons. The van der Waals surface area contributed by atoms with Gasteiger partial charge in [0, 0.05) is 49.6 Å². The van der Waals surface area contributed by atoms with Gasteiger partial charge in [-0.2, -0.15) is 5.10 Å². The minimum absolute atomic E-state index is 0.0371. The summed E-state index contributed by atoms with van der Waals surface area (Å²) in [4.78, 5) is 40.5. The molecule has 0 spiro atoms. The summed E-state index contributed by atoms with van der Waals surface area (Å²) in [6, 6.07) is 10.1. The second-order valence-corrected chi connectivity index (χ2v) is 9.30. The number of hydrogen-bond donors (Lipinski definition) is 1. The number of hydrogen-bond acceptors (Lipinski definition) is 6. The average molecular weight is 522 g/mol. The SMILES string of the molecule is CCOc1ccc(-n2nc(C(N)=O)c(CCN(C)c3ccc(N4CCCCC4=O)c(C)c3)c2C=O)cc1F. The molecular weight excluding hydrogens is 489 g/mol. The summed E-state index contributed by atoms with van der Waals surface area (Å²) in [7, 11) is 1.90. The zero-order chi connectivity index (χ0) is 27.4. The van der Waals surface area contributed by atoms with Crippen molar-refractivity contribution in [3.63, 3.8) is 0 Å². The summed E-state index contributed by atoms with van der Waals surface area (Å²) < 4.78 is 21.0. The van der Waals surface area contributed by atoms with Gasteiger partial charge < -0.3 is 20.3 Å². The number of carbonyl (C=O) groups is 3. The van der Waals surface area contributed by atoms with Gasteiger partial charge >= 0.3 is 0 Å². The highest BCUT2D eigenvalue weighted by atomic mass is 19.1. The quantitative estimate of drug-likeness (QED) is 0.406. The van der Waals surface area contributed by atoms with Crippen LogP contribution in [0.1, 0.15) is 58.3 Å². The van der Waals surface area contributed by atoms with Crippen molar-refractivity contribution in [3.05, 3.63) is 64.7 Å². The number of aryl methyl sites for hydroxylation is 1. The number of amides is 2. The summed E-state index contributed by atoms with van der Waals surface area (Å²) in [6.07, 6.45) is 3.38. The van der Waals surface area contributed by atoms with Gasteiger partial charge in [0.1, 0.15) is 5.69 Å². The van der Waals surface area contributed by atoms with Crippen LogP contribution in [0.5, 0.6) is 5.75 Å². The highest BCUT2D eigenvalue weighted by Gasteiger charge is 2.24. The molecule has 0 bridgehead atoms. The van der Waals surface area contributed by atoms with E-state index in [-0.39, 0.29) is 28.7 Å². The van der Waals surface area contributed by atoms with Crippen LogP contribution in [-0.4, -0.2) is 54.6 Å². The maximum absolute atomic E-state index is 14.5. The van der Waals surface area contributed by atoms with Gasteiger partial charge in [0.25, 0.3) is 5.91 Å². The van der Waals surface area contributed by atoms with Gasteiger partial charge in [-0.15, -0.1) is 0 Å². The minimum Gasteiger partial charge on any atom is -0.491 e. The summed E-state index contributed by atoms with van der Waals surface area (Å²) in [5, 5.41) is 4.25. The van der Waals surface area contributed by atoms with E-state index in [1.165, 1.54) is 16.8 Å². The lowest BCUT2D eigenvalue weighted by Crippen LogP contribution is -2.35. The first-order chi connectivity index (χ1) is 18.2. The molecule has 1 saturated heterocycles. The van der Waals surface area contributed by atoms with E-state index in [1.807, 2.05) is 42.0 Å². The van der Waals surface area contributed by atoms with Crippen molar-refractivity contribution < 1.29 is 23.5 Å². The van der Waals surface area contributed by atoms with Crippen molar-refractivity contribution in [2.75, 3.05) is 36.5 Å². The maximum atomic E-state index is 14.5. The number of ether oxygens (including phenoxy) is 1. The zero-order valence-electron chi connectivity index (χ0n) is 21.9. The highest BCUT2D eigenvalue weighted by molar-refractivity contribution is 5.95. The molecule has 3 aromatic rings. The normalized spacial score (nSPS) is 13.5. The number of halogens is 1. The van der Waals surface area contributed by atoms with Crippen molar-refractivity contribution in [3.8, 4) is 11.4 Å². The second-order valence-electron chi connectivity index (χ2n) is 9.30. The maximum Gasteiger partial charge on any atom is 0.269 e. The molecule has 0 unspecified atom stereocenters. The number of carbonyl (C=O) groups excluding carboxylic acids is 3. The van der Waals surface area contributed by atoms with Gasteiger partial charge in [-0.25, -0.2) is 9.07 Å². The topological polar surface area (TPSA) is 111 Å². The fourth-order valence-corrected chi connectivity index (χ4v) is 4.77. The van der Waals surface area contributed by atoms with E-state index in [1.54, 1.807) is 13.0 Å². The van der Waals surface area contributed by atoms with Gasteiger partial charge in [-0.05, 0) is 69.0 Å². The van der Waals surface area contributed by atoms with Crippen molar-refractivity contribution >= 4 is 29.5 Å². The lowest BCUT2D eigenvalue weighted by Gasteiger charge is -2.29. The van der Waals surface area contributed by atoms with Crippen LogP contribution in [0, 0.1) is 12.7 Å². The van der Waals surface area contributed by atoms with Crippen LogP contribution >= 0.6 is 0 Å². The number of likely N-dealkylation sites (N-methyl/N-ethyl adjacent to an activating group) is 1. The van der Waals surface area contributed by atoms with Crippen molar-refractivity contribution in [2.45, 2.75) is 39.5 Å². The summed E-state index contributed by atoms with van der Waals surface area (Å²) in [5.74, 6) is -1.16. The van der Waals surface area contributed by atoms with Crippen molar-refractivity contribution in [1.82, 2.24) is 9.78 Å². The van der Waals surface area contributed by atoms with Crippen molar-refractivity contribution in [1.29, 1.82) is 0 Å². The molecule has 1 aliphatic heterocycles. The summed E-state index contributed by atoms with van der Waals surface area (Å²) >= 11 is 0. The number of primary amides is 1. The van der Waals surface area contributed by atoms with E-state index in [2.05, 4.69) is 5.10 Å². The highest BCUT2D eigenvalue weighted by Crippen LogP contribution is 2.29. The number of anilines is 2. The molecule has 0 saturated carbocycles. The molecular formula is C28H32FN5O4. The monoisotopic (exact) mass is 521 g/mol. The predicted octanol–water partition coefficient (Wildman–Crippen LogP) is 3.83. The van der Waals surface area contributed by atoms with E-state index < -0.39 is 11.7 Å². The van der Waals surface area contributed by atoms with Crippen LogP contribution in [0.15, 0.2) is 36.4 Å². The van der Waals surface area contributed by atoms with Crippen LogP contribution in [0.2, 0.25) is 0 Å². The Morgan fingerprint density at radius 3 is 2.66 bits per heavy atom. The van der Waals surface area contributed by atoms with Gasteiger partial charge in [0.2, 0.25) is 5.91 Å². The number of piperidine rings is 1. The zero-order valence-corrected chi connectivity index (χ0v) is 21.9. The molecule has 9 nitrogen and oxygen atoms in total. The van der Waals surface area contributed by atoms with E-state index in [0.29, 0.717) is 37.8 Å². The molecule has 2 N–H and O–H groups in total. The van der Waals surface area contributed by atoms with Gasteiger partial charge in [0.15, 0.2) is 23.5 Å². The Morgan fingerprint density at radius 1 is 1.24 bits per heavy atom. The molecule has 0 aliphatic carbocycles. The van der Waals surface area contributed by atoms with Crippen molar-refractivity contribution in [2.24, 2.45) is 5.73 Å². The van der Waals surface area contributed by atoms with Crippen LogP contribution in [0.4, 0.5) is 15.8 Å². The fourth-order valence-electron chi connectivity index (χ4n) is 4.77. The molecule has 0 atom stereocenters. The number of nitrogens with two attached hydrogens (primary N) is 1. The van der Waals surface area contributed by atoms with Gasteiger partial charge in [-0.3, -0.25) is 14.4 Å². The van der Waals surface area contributed by atoms with Crippen LogP contribution in [0.3, 0.4) is 0 Å². The molecule has 38 heavy (non-hydrogen) atoms. The summed E-state index contributed by atoms with van der Waals surface area (Å²) in [6.45, 7) is 5.20. The summed E-state index contributed by atoms with van der Waals surface area (Å²) in [5.41, 5.74) is 9.16. The molecule has 1 aromatic heterocycles. The number of benzene rings is 2. The molecule has 1 fully saturated rings. The molecule has 2 aromatic carbocycles. The lowest BCUT2D eigenvalue weighted by atomic mass is 10.1. The van der Waals surface area contributed by atoms with E-state index >= 15 is 0 Å². The van der Waals surface area contributed by atoms with E-state index in [4.69, 9.17) is 10.5 Å². The fraction of sp³-hybridized carbons (Fsp3) is 0.357. The minimum atomic E-state index is -0.776. The molecule has 2 amide bonds. The lowest BCUT2D eigenvalue weighted by molar-refractivity contribution is -0.119. The van der Waals surface area contributed by atoms with Gasteiger partial charge in [-0.1, -0.05) is 0 Å². The first kappa shape index (κ1) is 26.8. The van der Waals surface area contributed by atoms with Crippen LogP contribution < -0.4 is 20.3 Å². The molecule has 10 heteroatoms. The van der Waals surface area contributed by atoms with Gasteiger partial charge in [0.05, 0.1) is 12.3 Å². The Hall–Kier alpha value is -4.21. The Kier molecular flexibility index (Phi) is 8.09. The average Bonchev–Trinajstić information content (AvgIpc) is 3.28. The third-order valence-corrected chi connectivity index (χ3v) is 6.76. The molecule has 0 radical (unpaired) electrons. The first-order valence-corrected chi connectivity index (χ1v) is 12.7. The van der Waals surface area contributed by atoms with Crippen LogP contribution in [-0.2, 0) is 11.2 Å². The molecule has 4 rings (SSSR count). The Balaban J connectivity index is 1.57. The third kappa shape index (κ3) is 5.39. The smallest absolute Gasteiger partial charge is 0.269 e. The Bertz CT molecular complexity index is 1370. The van der Waals surface area contributed by atoms with E-state index in [0.717, 1.165) is 36.3 Å². The predicted molar refractivity (Wildman–Crippen MR) is 143 cm³/mol. The van der Waals surface area contributed by atoms with E-state index in [9.17, 15) is 18.8 Å². The Morgan fingerprint density at radius 2 is 2.03 bits per heavy atom.